The van der Waals surface area contributed by atoms with Crippen molar-refractivity contribution in [2.24, 2.45) is 22.2 Å². The second-order valence-electron chi connectivity index (χ2n) is 11.0. The van der Waals surface area contributed by atoms with Crippen LogP contribution in [0.1, 0.15) is 66.7 Å². The minimum absolute atomic E-state index is 0. The topological polar surface area (TPSA) is 175 Å². The van der Waals surface area contributed by atoms with E-state index in [1.807, 2.05) is 0 Å². The molecule has 0 aromatic rings. The van der Waals surface area contributed by atoms with E-state index in [0.717, 1.165) is 0 Å². The summed E-state index contributed by atoms with van der Waals surface area (Å²) < 4.78 is 58.4. The van der Waals surface area contributed by atoms with E-state index in [4.69, 9.17) is 23.7 Å². The first kappa shape index (κ1) is 37.8. The van der Waals surface area contributed by atoms with E-state index in [1.165, 1.54) is 14.2 Å². The molecule has 0 spiro atoms. The van der Waals surface area contributed by atoms with Crippen LogP contribution in [0.5, 0.6) is 0 Å². The van der Waals surface area contributed by atoms with Gasteiger partial charge in [-0.15, -0.1) is 0 Å². The Morgan fingerprint density at radius 3 is 1.95 bits per heavy atom. The van der Waals surface area contributed by atoms with E-state index >= 15 is 0 Å². The van der Waals surface area contributed by atoms with Crippen LogP contribution in [0.15, 0.2) is 0 Å². The molecule has 0 saturated carbocycles. The quantitative estimate of drug-likeness (QED) is 0.0667. The molecule has 1 fully saturated rings. The van der Waals surface area contributed by atoms with Crippen molar-refractivity contribution in [2.45, 2.75) is 72.8 Å². The maximum absolute atomic E-state index is 13.3. The molecule has 1 aliphatic heterocycles. The first-order chi connectivity index (χ1) is 17.4. The van der Waals surface area contributed by atoms with Crippen LogP contribution in [-0.2, 0) is 53.0 Å². The standard InChI is InChI=1S/C25H42O12S.Na/c1-8-17(19(26)33-6)13-24(4,21(28)35-11-12-38(30,31)32)9-10-25(5,16-23(2,3)20(27)34-7)22(29)37-15-18-14-36-18;/h17-18H,8-16H2,1-7H3,(H,30,31,32);/q;+1/p-1. The van der Waals surface area contributed by atoms with Crippen LogP contribution < -0.4 is 29.6 Å². The summed E-state index contributed by atoms with van der Waals surface area (Å²) in [5.41, 5.74) is -3.69. The molecule has 0 N–H and O–H groups in total. The smallest absolute Gasteiger partial charge is 0.748 e. The molecule has 4 unspecified atom stereocenters. The van der Waals surface area contributed by atoms with Gasteiger partial charge in [0, 0.05) is 0 Å². The summed E-state index contributed by atoms with van der Waals surface area (Å²) >= 11 is 0. The van der Waals surface area contributed by atoms with Crippen molar-refractivity contribution < 1.29 is 85.4 Å². The number of methoxy groups -OCH3 is 2. The van der Waals surface area contributed by atoms with E-state index < -0.39 is 68.5 Å². The molecule has 0 amide bonds. The molecule has 220 valence electrons. The van der Waals surface area contributed by atoms with Gasteiger partial charge in [-0.3, -0.25) is 19.2 Å². The number of carbonyl (C=O) groups excluding carboxylic acids is 4. The number of hydrogen-bond donors (Lipinski definition) is 0. The van der Waals surface area contributed by atoms with Crippen LogP contribution in [-0.4, -0.2) is 82.7 Å². The molecule has 0 aliphatic carbocycles. The SMILES string of the molecule is CCC(CC(C)(CCC(C)(CC(C)(C)C(=O)OC)C(=O)OCC1CO1)C(=O)OCCS(=O)(=O)[O-])C(=O)OC.[Na+]. The second kappa shape index (κ2) is 15.7. The number of rotatable bonds is 17. The van der Waals surface area contributed by atoms with Crippen LogP contribution in [0.3, 0.4) is 0 Å². The fourth-order valence-electron chi connectivity index (χ4n) is 4.45. The molecule has 4 atom stereocenters. The first-order valence-corrected chi connectivity index (χ1v) is 14.1. The number of esters is 4. The molecule has 12 nitrogen and oxygen atoms in total. The average Bonchev–Trinajstić information content (AvgIpc) is 3.67. The fraction of sp³-hybridized carbons (Fsp3) is 0.840. The van der Waals surface area contributed by atoms with Crippen molar-refractivity contribution in [2.75, 3.05) is 39.8 Å². The molecule has 1 aliphatic rings. The zero-order chi connectivity index (χ0) is 29.4. The molecular formula is C25H41NaO12S. The molecule has 0 aromatic heterocycles. The molecule has 0 bridgehead atoms. The Balaban J connectivity index is 0.0000144. The molecule has 1 saturated heterocycles. The molecule has 14 heteroatoms. The van der Waals surface area contributed by atoms with Gasteiger partial charge < -0.3 is 28.2 Å². The van der Waals surface area contributed by atoms with Crippen LogP contribution in [0, 0.1) is 22.2 Å². The van der Waals surface area contributed by atoms with Crippen molar-refractivity contribution in [3.63, 3.8) is 0 Å². The number of epoxide rings is 1. The van der Waals surface area contributed by atoms with Gasteiger partial charge in [0.25, 0.3) is 0 Å². The van der Waals surface area contributed by atoms with Gasteiger partial charge in [-0.25, -0.2) is 8.42 Å². The van der Waals surface area contributed by atoms with Crippen molar-refractivity contribution in [1.29, 1.82) is 0 Å². The Kier molecular flexibility index (Phi) is 15.2. The van der Waals surface area contributed by atoms with Crippen LogP contribution >= 0.6 is 0 Å². The third-order valence-electron chi connectivity index (χ3n) is 6.88. The summed E-state index contributed by atoms with van der Waals surface area (Å²) in [5, 5.41) is 0. The van der Waals surface area contributed by atoms with Gasteiger partial charge >= 0.3 is 53.4 Å². The third-order valence-corrected chi connectivity index (χ3v) is 7.54. The normalized spacial score (nSPS) is 18.8. The van der Waals surface area contributed by atoms with Crippen molar-refractivity contribution in [3.8, 4) is 0 Å². The molecule has 0 aromatic carbocycles. The number of carbonyl (C=O) groups is 4. The predicted octanol–water partition coefficient (Wildman–Crippen LogP) is -1.01. The minimum Gasteiger partial charge on any atom is -0.748 e. The van der Waals surface area contributed by atoms with Crippen molar-refractivity contribution in [1.82, 2.24) is 0 Å². The number of ether oxygens (including phenoxy) is 5. The number of hydrogen-bond acceptors (Lipinski definition) is 12. The Labute approximate surface area is 253 Å². The zero-order valence-corrected chi connectivity index (χ0v) is 27.1. The molecule has 1 rings (SSSR count). The van der Waals surface area contributed by atoms with Crippen LogP contribution in [0.4, 0.5) is 0 Å². The molecule has 1 heterocycles. The maximum Gasteiger partial charge on any atom is 1.00 e. The van der Waals surface area contributed by atoms with Gasteiger partial charge in [0.05, 0.1) is 58.9 Å². The van der Waals surface area contributed by atoms with Gasteiger partial charge in [0.1, 0.15) is 19.3 Å². The van der Waals surface area contributed by atoms with E-state index in [1.54, 1.807) is 34.6 Å². The van der Waals surface area contributed by atoms with Gasteiger partial charge in [-0.05, 0) is 59.8 Å². The average molecular weight is 589 g/mol. The summed E-state index contributed by atoms with van der Waals surface area (Å²) in [6, 6.07) is 0. The van der Waals surface area contributed by atoms with Gasteiger partial charge in [-0.1, -0.05) is 6.92 Å². The minimum atomic E-state index is -4.61. The molecule has 0 radical (unpaired) electrons. The summed E-state index contributed by atoms with van der Waals surface area (Å²) in [4.78, 5) is 51.2. The summed E-state index contributed by atoms with van der Waals surface area (Å²) in [6.45, 7) is 8.07. The van der Waals surface area contributed by atoms with E-state index in [-0.39, 0.29) is 68.0 Å². The van der Waals surface area contributed by atoms with E-state index in [0.29, 0.717) is 13.0 Å². The molecule has 39 heavy (non-hydrogen) atoms. The monoisotopic (exact) mass is 588 g/mol. The van der Waals surface area contributed by atoms with Crippen LogP contribution in [0.25, 0.3) is 0 Å². The van der Waals surface area contributed by atoms with Crippen LogP contribution in [0.2, 0.25) is 0 Å². The van der Waals surface area contributed by atoms with E-state index in [2.05, 4.69) is 0 Å². The Bertz CT molecular complexity index is 962. The van der Waals surface area contributed by atoms with E-state index in [9.17, 15) is 32.1 Å². The predicted molar refractivity (Wildman–Crippen MR) is 132 cm³/mol. The van der Waals surface area contributed by atoms with Gasteiger partial charge in [-0.2, -0.15) is 0 Å². The summed E-state index contributed by atoms with van der Waals surface area (Å²) in [5.74, 6) is -4.05. The Hall–Kier alpha value is -1.25. The van der Waals surface area contributed by atoms with Gasteiger partial charge in [0.2, 0.25) is 0 Å². The van der Waals surface area contributed by atoms with Crippen molar-refractivity contribution >= 4 is 34.0 Å². The second-order valence-corrected chi connectivity index (χ2v) is 12.5. The Morgan fingerprint density at radius 2 is 1.49 bits per heavy atom. The Morgan fingerprint density at radius 1 is 0.949 bits per heavy atom. The molecular weight excluding hydrogens is 547 g/mol. The first-order valence-electron chi connectivity index (χ1n) is 12.5. The summed E-state index contributed by atoms with van der Waals surface area (Å²) in [6.07, 6.45) is 0.263. The largest absolute Gasteiger partial charge is 1.00 e. The maximum atomic E-state index is 13.3. The fourth-order valence-corrected chi connectivity index (χ4v) is 4.74. The van der Waals surface area contributed by atoms with Gasteiger partial charge in [0.15, 0.2) is 0 Å². The van der Waals surface area contributed by atoms with Crippen molar-refractivity contribution in [3.05, 3.63) is 0 Å². The summed E-state index contributed by atoms with van der Waals surface area (Å²) in [7, 11) is -2.14. The zero-order valence-electron chi connectivity index (χ0n) is 24.3. The third kappa shape index (κ3) is 12.4.